The lowest BCUT2D eigenvalue weighted by Gasteiger charge is -2.33. The Hall–Kier alpha value is -0.770. The van der Waals surface area contributed by atoms with E-state index in [9.17, 15) is 4.79 Å². The molecule has 4 nitrogen and oxygen atoms in total. The number of rotatable bonds is 3. The zero-order valence-electron chi connectivity index (χ0n) is 11.6. The number of piperidine rings is 1. The molecule has 1 saturated heterocycles. The van der Waals surface area contributed by atoms with Crippen LogP contribution in [0, 0.1) is 11.3 Å². The number of hydrogen-bond acceptors (Lipinski definition) is 2. The van der Waals surface area contributed by atoms with Crippen LogP contribution in [-0.2, 0) is 0 Å². The van der Waals surface area contributed by atoms with Gasteiger partial charge in [-0.25, -0.2) is 4.79 Å². The van der Waals surface area contributed by atoms with Crippen LogP contribution in [0.25, 0.3) is 0 Å². The van der Waals surface area contributed by atoms with Crippen molar-refractivity contribution < 1.29 is 4.79 Å². The minimum absolute atomic E-state index is 0.113. The summed E-state index contributed by atoms with van der Waals surface area (Å²) in [4.78, 5) is 14.1. The number of nitrogens with one attached hydrogen (secondary N) is 1. The number of carbonyl (C=O) groups excluding carboxylic acids is 1. The summed E-state index contributed by atoms with van der Waals surface area (Å²) in [5.74, 6) is 0.763. The van der Waals surface area contributed by atoms with Crippen molar-refractivity contribution in [3.63, 3.8) is 0 Å². The van der Waals surface area contributed by atoms with Crippen molar-refractivity contribution in [2.24, 2.45) is 17.1 Å². The first kappa shape index (κ1) is 13.7. The molecule has 0 bridgehead atoms. The lowest BCUT2D eigenvalue weighted by atomic mass is 9.86. The van der Waals surface area contributed by atoms with Crippen LogP contribution >= 0.6 is 0 Å². The summed E-state index contributed by atoms with van der Waals surface area (Å²) in [5.41, 5.74) is 6.07. The van der Waals surface area contributed by atoms with E-state index >= 15 is 0 Å². The van der Waals surface area contributed by atoms with Gasteiger partial charge in [0.1, 0.15) is 0 Å². The number of urea groups is 1. The molecule has 3 N–H and O–H groups in total. The van der Waals surface area contributed by atoms with Crippen molar-refractivity contribution in [3.05, 3.63) is 0 Å². The minimum Gasteiger partial charge on any atom is -0.337 e. The second-order valence-corrected chi connectivity index (χ2v) is 6.24. The van der Waals surface area contributed by atoms with Crippen molar-refractivity contribution in [2.45, 2.75) is 45.4 Å². The molecule has 0 spiro atoms. The van der Waals surface area contributed by atoms with Gasteiger partial charge in [-0.1, -0.05) is 19.8 Å². The first-order chi connectivity index (χ1) is 8.65. The fraction of sp³-hybridized carbons (Fsp3) is 0.929. The Morgan fingerprint density at radius 2 is 1.94 bits per heavy atom. The summed E-state index contributed by atoms with van der Waals surface area (Å²) in [7, 11) is 0. The second kappa shape index (κ2) is 5.91. The Bertz CT molecular complexity index is 279. The van der Waals surface area contributed by atoms with E-state index in [2.05, 4.69) is 12.2 Å². The predicted octanol–water partition coefficient (Wildman–Crippen LogP) is 1.95. The van der Waals surface area contributed by atoms with Gasteiger partial charge in [0.25, 0.3) is 0 Å². The zero-order chi connectivity index (χ0) is 13.0. The fourth-order valence-electron chi connectivity index (χ4n) is 3.16. The molecule has 1 heterocycles. The lowest BCUT2D eigenvalue weighted by Crippen LogP contribution is -2.48. The van der Waals surface area contributed by atoms with E-state index in [4.69, 9.17) is 5.73 Å². The van der Waals surface area contributed by atoms with E-state index in [1.165, 1.54) is 25.7 Å². The van der Waals surface area contributed by atoms with Crippen molar-refractivity contribution in [2.75, 3.05) is 26.2 Å². The largest absolute Gasteiger partial charge is 0.337 e. The number of hydrogen-bond donors (Lipinski definition) is 2. The van der Waals surface area contributed by atoms with Crippen LogP contribution in [0.5, 0.6) is 0 Å². The summed E-state index contributed by atoms with van der Waals surface area (Å²) < 4.78 is 0. The highest BCUT2D eigenvalue weighted by Gasteiger charge is 2.33. The molecule has 1 aliphatic carbocycles. The average Bonchev–Trinajstić information content (AvgIpc) is 2.86. The van der Waals surface area contributed by atoms with Gasteiger partial charge in [0, 0.05) is 25.0 Å². The van der Waals surface area contributed by atoms with Crippen molar-refractivity contribution in [1.82, 2.24) is 10.2 Å². The summed E-state index contributed by atoms with van der Waals surface area (Å²) in [6.45, 7) is 5.53. The van der Waals surface area contributed by atoms with Crippen LogP contribution in [0.1, 0.15) is 45.4 Å². The Morgan fingerprint density at radius 1 is 1.33 bits per heavy atom. The van der Waals surface area contributed by atoms with Gasteiger partial charge in [0.05, 0.1) is 0 Å². The molecule has 2 rings (SSSR count). The van der Waals surface area contributed by atoms with Crippen LogP contribution in [0.4, 0.5) is 4.79 Å². The van der Waals surface area contributed by atoms with Gasteiger partial charge in [0.2, 0.25) is 0 Å². The van der Waals surface area contributed by atoms with Gasteiger partial charge in [-0.15, -0.1) is 0 Å². The third-order valence-corrected chi connectivity index (χ3v) is 4.78. The van der Waals surface area contributed by atoms with Crippen LogP contribution in [-0.4, -0.2) is 37.1 Å². The Kier molecular flexibility index (Phi) is 4.49. The maximum absolute atomic E-state index is 12.1. The number of nitrogens with zero attached hydrogens (tertiary/aromatic N) is 1. The number of nitrogens with two attached hydrogens (primary N) is 1. The van der Waals surface area contributed by atoms with Gasteiger partial charge < -0.3 is 16.0 Å². The summed E-state index contributed by atoms with van der Waals surface area (Å²) >= 11 is 0. The van der Waals surface area contributed by atoms with E-state index in [0.717, 1.165) is 38.4 Å². The number of carbonyl (C=O) groups is 1. The standard InChI is InChI=1S/C14H27N3O/c1-12-4-8-17(9-5-12)13(18)16-11-14(10-15)6-2-3-7-14/h12H,2-11,15H2,1H3,(H,16,18). The van der Waals surface area contributed by atoms with Crippen LogP contribution in [0.3, 0.4) is 0 Å². The maximum atomic E-state index is 12.1. The molecular weight excluding hydrogens is 226 g/mol. The van der Waals surface area contributed by atoms with Crippen LogP contribution < -0.4 is 11.1 Å². The molecule has 0 aromatic rings. The molecule has 2 amide bonds. The first-order valence-corrected chi connectivity index (χ1v) is 7.38. The minimum atomic E-state index is 0.113. The van der Waals surface area contributed by atoms with E-state index in [1.807, 2.05) is 4.90 Å². The van der Waals surface area contributed by atoms with Crippen molar-refractivity contribution in [1.29, 1.82) is 0 Å². The summed E-state index contributed by atoms with van der Waals surface area (Å²) in [6, 6.07) is 0.113. The molecular formula is C14H27N3O. The van der Waals surface area contributed by atoms with Crippen LogP contribution in [0.15, 0.2) is 0 Å². The van der Waals surface area contributed by atoms with Crippen molar-refractivity contribution in [3.8, 4) is 0 Å². The van der Waals surface area contributed by atoms with E-state index in [1.54, 1.807) is 0 Å². The molecule has 18 heavy (non-hydrogen) atoms. The van der Waals surface area contributed by atoms with E-state index < -0.39 is 0 Å². The topological polar surface area (TPSA) is 58.4 Å². The molecule has 0 unspecified atom stereocenters. The Labute approximate surface area is 110 Å². The van der Waals surface area contributed by atoms with Gasteiger partial charge in [-0.05, 0) is 38.1 Å². The normalized spacial score (nSPS) is 24.2. The van der Waals surface area contributed by atoms with E-state index in [0.29, 0.717) is 6.54 Å². The van der Waals surface area contributed by atoms with Gasteiger partial charge in [0.15, 0.2) is 0 Å². The molecule has 1 saturated carbocycles. The van der Waals surface area contributed by atoms with E-state index in [-0.39, 0.29) is 11.4 Å². The molecule has 2 aliphatic rings. The Balaban J connectivity index is 1.77. The zero-order valence-corrected chi connectivity index (χ0v) is 11.6. The smallest absolute Gasteiger partial charge is 0.317 e. The third-order valence-electron chi connectivity index (χ3n) is 4.78. The predicted molar refractivity (Wildman–Crippen MR) is 73.3 cm³/mol. The lowest BCUT2D eigenvalue weighted by molar-refractivity contribution is 0.167. The maximum Gasteiger partial charge on any atom is 0.317 e. The monoisotopic (exact) mass is 253 g/mol. The quantitative estimate of drug-likeness (QED) is 0.807. The highest BCUT2D eigenvalue weighted by Crippen LogP contribution is 2.36. The molecule has 0 aromatic carbocycles. The highest BCUT2D eigenvalue weighted by atomic mass is 16.2. The molecule has 2 fully saturated rings. The summed E-state index contributed by atoms with van der Waals surface area (Å²) in [6.07, 6.45) is 7.12. The molecule has 104 valence electrons. The molecule has 4 heteroatoms. The number of amides is 2. The number of likely N-dealkylation sites (tertiary alicyclic amines) is 1. The molecule has 0 radical (unpaired) electrons. The molecule has 0 aromatic heterocycles. The van der Waals surface area contributed by atoms with Gasteiger partial charge >= 0.3 is 6.03 Å². The fourth-order valence-corrected chi connectivity index (χ4v) is 3.16. The first-order valence-electron chi connectivity index (χ1n) is 7.38. The highest BCUT2D eigenvalue weighted by molar-refractivity contribution is 5.74. The molecule has 0 atom stereocenters. The summed E-state index contributed by atoms with van der Waals surface area (Å²) in [5, 5.41) is 3.11. The average molecular weight is 253 g/mol. The van der Waals surface area contributed by atoms with Crippen molar-refractivity contribution >= 4 is 6.03 Å². The third kappa shape index (κ3) is 3.16. The van der Waals surface area contributed by atoms with Gasteiger partial charge in [-0.3, -0.25) is 0 Å². The van der Waals surface area contributed by atoms with Crippen LogP contribution in [0.2, 0.25) is 0 Å². The second-order valence-electron chi connectivity index (χ2n) is 6.24. The van der Waals surface area contributed by atoms with Gasteiger partial charge in [-0.2, -0.15) is 0 Å². The SMILES string of the molecule is CC1CCN(C(=O)NCC2(CN)CCCC2)CC1. The Morgan fingerprint density at radius 3 is 2.50 bits per heavy atom. The molecule has 1 aliphatic heterocycles.